The van der Waals surface area contributed by atoms with Gasteiger partial charge in [0.05, 0.1) is 6.61 Å². The van der Waals surface area contributed by atoms with E-state index in [4.69, 9.17) is 10.5 Å². The Morgan fingerprint density at radius 1 is 1.43 bits per heavy atom. The standard InChI is InChI=1S/C12H19NO/c1-4-7-14-12-8-9(2)5-6-11(12)10(3)13/h5-6,8,10H,4,7,13H2,1-3H3/t10-/m1/s1. The summed E-state index contributed by atoms with van der Waals surface area (Å²) in [5, 5.41) is 0. The summed E-state index contributed by atoms with van der Waals surface area (Å²) in [5.74, 6) is 0.932. The Morgan fingerprint density at radius 3 is 2.71 bits per heavy atom. The first-order valence-electron chi connectivity index (χ1n) is 5.14. The van der Waals surface area contributed by atoms with Gasteiger partial charge in [0.25, 0.3) is 0 Å². The number of ether oxygens (including phenoxy) is 1. The van der Waals surface area contributed by atoms with E-state index in [1.165, 1.54) is 5.56 Å². The predicted molar refractivity (Wildman–Crippen MR) is 59.6 cm³/mol. The molecule has 0 heterocycles. The lowest BCUT2D eigenvalue weighted by Gasteiger charge is -2.14. The average Bonchev–Trinajstić information content (AvgIpc) is 2.14. The highest BCUT2D eigenvalue weighted by atomic mass is 16.5. The van der Waals surface area contributed by atoms with Gasteiger partial charge in [0.1, 0.15) is 5.75 Å². The lowest BCUT2D eigenvalue weighted by molar-refractivity contribution is 0.312. The molecule has 0 saturated heterocycles. The van der Waals surface area contributed by atoms with Crippen LogP contribution >= 0.6 is 0 Å². The number of hydrogen-bond donors (Lipinski definition) is 1. The number of rotatable bonds is 4. The minimum atomic E-state index is 0.0301. The lowest BCUT2D eigenvalue weighted by Crippen LogP contribution is -2.08. The Kier molecular flexibility index (Phi) is 3.96. The van der Waals surface area contributed by atoms with Gasteiger partial charge in [-0.2, -0.15) is 0 Å². The molecule has 2 nitrogen and oxygen atoms in total. The van der Waals surface area contributed by atoms with E-state index >= 15 is 0 Å². The molecule has 0 bridgehead atoms. The third kappa shape index (κ3) is 2.74. The highest BCUT2D eigenvalue weighted by Gasteiger charge is 2.07. The zero-order valence-electron chi connectivity index (χ0n) is 9.21. The van der Waals surface area contributed by atoms with Crippen LogP contribution in [0.4, 0.5) is 0 Å². The maximum Gasteiger partial charge on any atom is 0.124 e. The summed E-state index contributed by atoms with van der Waals surface area (Å²) in [6, 6.07) is 6.19. The molecule has 2 heteroatoms. The van der Waals surface area contributed by atoms with Gasteiger partial charge in [0.15, 0.2) is 0 Å². The molecule has 1 atom stereocenters. The second kappa shape index (κ2) is 5.01. The smallest absolute Gasteiger partial charge is 0.124 e. The number of benzene rings is 1. The summed E-state index contributed by atoms with van der Waals surface area (Å²) in [4.78, 5) is 0. The maximum atomic E-state index is 5.86. The van der Waals surface area contributed by atoms with Gasteiger partial charge in [-0.15, -0.1) is 0 Å². The minimum absolute atomic E-state index is 0.0301. The molecule has 1 aromatic carbocycles. The molecule has 0 aliphatic carbocycles. The van der Waals surface area contributed by atoms with Crippen molar-refractivity contribution >= 4 is 0 Å². The molecule has 1 rings (SSSR count). The van der Waals surface area contributed by atoms with Gasteiger partial charge in [0, 0.05) is 11.6 Å². The van der Waals surface area contributed by atoms with E-state index in [1.54, 1.807) is 0 Å². The van der Waals surface area contributed by atoms with E-state index in [-0.39, 0.29) is 6.04 Å². The van der Waals surface area contributed by atoms with Crippen molar-refractivity contribution in [3.8, 4) is 5.75 Å². The zero-order chi connectivity index (χ0) is 10.6. The Balaban J connectivity index is 2.91. The third-order valence-electron chi connectivity index (χ3n) is 2.12. The molecule has 0 fully saturated rings. The van der Waals surface area contributed by atoms with Crippen molar-refractivity contribution in [1.29, 1.82) is 0 Å². The van der Waals surface area contributed by atoms with Crippen molar-refractivity contribution in [3.63, 3.8) is 0 Å². The molecule has 0 aliphatic heterocycles. The highest BCUT2D eigenvalue weighted by molar-refractivity contribution is 5.38. The number of hydrogen-bond acceptors (Lipinski definition) is 2. The fourth-order valence-corrected chi connectivity index (χ4v) is 1.35. The van der Waals surface area contributed by atoms with Gasteiger partial charge in [0.2, 0.25) is 0 Å². The van der Waals surface area contributed by atoms with E-state index in [1.807, 2.05) is 19.1 Å². The molecular formula is C12H19NO. The van der Waals surface area contributed by atoms with Crippen LogP contribution in [0.1, 0.15) is 37.4 Å². The van der Waals surface area contributed by atoms with Gasteiger partial charge in [-0.3, -0.25) is 0 Å². The summed E-state index contributed by atoms with van der Waals surface area (Å²) in [5.41, 5.74) is 8.15. The number of aryl methyl sites for hydroxylation is 1. The summed E-state index contributed by atoms with van der Waals surface area (Å²) >= 11 is 0. The summed E-state index contributed by atoms with van der Waals surface area (Å²) in [7, 11) is 0. The molecule has 1 aromatic rings. The predicted octanol–water partition coefficient (Wildman–Crippen LogP) is 2.80. The van der Waals surface area contributed by atoms with Crippen LogP contribution in [0.15, 0.2) is 18.2 Å². The topological polar surface area (TPSA) is 35.2 Å². The largest absolute Gasteiger partial charge is 0.493 e. The van der Waals surface area contributed by atoms with Crippen molar-refractivity contribution in [2.75, 3.05) is 6.61 Å². The lowest BCUT2D eigenvalue weighted by atomic mass is 10.1. The molecule has 0 unspecified atom stereocenters. The van der Waals surface area contributed by atoms with Gasteiger partial charge in [-0.25, -0.2) is 0 Å². The second-order valence-corrected chi connectivity index (χ2v) is 3.68. The summed E-state index contributed by atoms with van der Waals surface area (Å²) < 4.78 is 5.65. The fourth-order valence-electron chi connectivity index (χ4n) is 1.35. The molecule has 0 radical (unpaired) electrons. The Hall–Kier alpha value is -1.02. The third-order valence-corrected chi connectivity index (χ3v) is 2.12. The Labute approximate surface area is 86.1 Å². The quantitative estimate of drug-likeness (QED) is 0.798. The van der Waals surface area contributed by atoms with Crippen LogP contribution in [0.2, 0.25) is 0 Å². The van der Waals surface area contributed by atoms with Crippen molar-refractivity contribution in [2.45, 2.75) is 33.2 Å². The van der Waals surface area contributed by atoms with E-state index in [2.05, 4.69) is 19.9 Å². The van der Waals surface area contributed by atoms with Crippen LogP contribution in [-0.2, 0) is 0 Å². The molecule has 0 spiro atoms. The molecule has 0 aliphatic rings. The zero-order valence-corrected chi connectivity index (χ0v) is 9.21. The highest BCUT2D eigenvalue weighted by Crippen LogP contribution is 2.25. The normalized spacial score (nSPS) is 12.6. The summed E-state index contributed by atoms with van der Waals surface area (Å²) in [6.45, 7) is 6.89. The first-order valence-corrected chi connectivity index (χ1v) is 5.14. The van der Waals surface area contributed by atoms with Crippen molar-refractivity contribution < 1.29 is 4.74 Å². The SMILES string of the molecule is CCCOc1cc(C)ccc1[C@@H](C)N. The van der Waals surface area contributed by atoms with Crippen LogP contribution < -0.4 is 10.5 Å². The van der Waals surface area contributed by atoms with Gasteiger partial charge < -0.3 is 10.5 Å². The minimum Gasteiger partial charge on any atom is -0.493 e. The Bertz CT molecular complexity index is 294. The van der Waals surface area contributed by atoms with Gasteiger partial charge in [-0.1, -0.05) is 19.1 Å². The van der Waals surface area contributed by atoms with Crippen LogP contribution in [-0.4, -0.2) is 6.61 Å². The molecule has 14 heavy (non-hydrogen) atoms. The van der Waals surface area contributed by atoms with Crippen LogP contribution in [0, 0.1) is 6.92 Å². The monoisotopic (exact) mass is 193 g/mol. The van der Waals surface area contributed by atoms with Gasteiger partial charge in [-0.05, 0) is 31.9 Å². The van der Waals surface area contributed by atoms with E-state index in [9.17, 15) is 0 Å². The van der Waals surface area contributed by atoms with E-state index < -0.39 is 0 Å². The molecule has 0 amide bonds. The molecule has 0 aromatic heterocycles. The van der Waals surface area contributed by atoms with Crippen LogP contribution in [0.3, 0.4) is 0 Å². The first kappa shape index (κ1) is 11.1. The molecule has 0 saturated carbocycles. The summed E-state index contributed by atoms with van der Waals surface area (Å²) in [6.07, 6.45) is 1.02. The Morgan fingerprint density at radius 2 is 2.14 bits per heavy atom. The average molecular weight is 193 g/mol. The molecular weight excluding hydrogens is 174 g/mol. The van der Waals surface area contributed by atoms with E-state index in [0.29, 0.717) is 0 Å². The second-order valence-electron chi connectivity index (χ2n) is 3.68. The van der Waals surface area contributed by atoms with Crippen LogP contribution in [0.5, 0.6) is 5.75 Å². The van der Waals surface area contributed by atoms with E-state index in [0.717, 1.165) is 24.3 Å². The number of nitrogens with two attached hydrogens (primary N) is 1. The van der Waals surface area contributed by atoms with Crippen LogP contribution in [0.25, 0.3) is 0 Å². The molecule has 78 valence electrons. The fraction of sp³-hybridized carbons (Fsp3) is 0.500. The van der Waals surface area contributed by atoms with Crippen molar-refractivity contribution in [3.05, 3.63) is 29.3 Å². The maximum absolute atomic E-state index is 5.86. The van der Waals surface area contributed by atoms with Crippen molar-refractivity contribution in [1.82, 2.24) is 0 Å². The van der Waals surface area contributed by atoms with Gasteiger partial charge >= 0.3 is 0 Å². The van der Waals surface area contributed by atoms with Crippen molar-refractivity contribution in [2.24, 2.45) is 5.73 Å². The first-order chi connectivity index (χ1) is 6.65. The molecule has 2 N–H and O–H groups in total.